The number of fused-ring (bicyclic) bond motifs is 2. The first-order valence-corrected chi connectivity index (χ1v) is 11.5. The van der Waals surface area contributed by atoms with E-state index < -0.39 is 6.16 Å². The Morgan fingerprint density at radius 1 is 1.21 bits per heavy atom. The second-order valence-corrected chi connectivity index (χ2v) is 9.48. The van der Waals surface area contributed by atoms with Gasteiger partial charge in [0.25, 0.3) is 0 Å². The van der Waals surface area contributed by atoms with E-state index in [1.807, 2.05) is 18.2 Å². The summed E-state index contributed by atoms with van der Waals surface area (Å²) in [6.45, 7) is 1.82. The van der Waals surface area contributed by atoms with Crippen LogP contribution in [0.4, 0.5) is 4.79 Å². The Hall–Kier alpha value is -2.08. The summed E-state index contributed by atoms with van der Waals surface area (Å²) in [5.41, 5.74) is 1.20. The third-order valence-corrected chi connectivity index (χ3v) is 7.64. The van der Waals surface area contributed by atoms with Crippen LogP contribution in [0.25, 0.3) is 0 Å². The lowest BCUT2D eigenvalue weighted by Gasteiger charge is -2.34. The molecule has 1 heterocycles. The maximum absolute atomic E-state index is 11.2. The number of hydrogen-bond donors (Lipinski definition) is 2. The Balaban J connectivity index is 1.38. The van der Waals surface area contributed by atoms with Crippen molar-refractivity contribution >= 4 is 17.9 Å². The van der Waals surface area contributed by atoms with E-state index in [0.717, 1.165) is 54.5 Å². The van der Waals surface area contributed by atoms with Crippen LogP contribution in [-0.4, -0.2) is 40.1 Å². The molecular formula is C23H29NO4S. The molecule has 0 aromatic heterocycles. The number of carbonyl (C=O) groups is 1. The molecule has 6 heteroatoms. The summed E-state index contributed by atoms with van der Waals surface area (Å²) in [5, 5.41) is 19.5. The van der Waals surface area contributed by atoms with Crippen molar-refractivity contribution in [3.8, 4) is 5.75 Å². The van der Waals surface area contributed by atoms with E-state index in [0.29, 0.717) is 5.76 Å². The summed E-state index contributed by atoms with van der Waals surface area (Å²) in [7, 11) is 0. The smallest absolute Gasteiger partial charge is 0.508 e. The van der Waals surface area contributed by atoms with Gasteiger partial charge in [0.05, 0.1) is 0 Å². The molecule has 0 spiro atoms. The standard InChI is InChI=1S/C23H29NO4S/c25-20-9-6-16(7-10-20)3-2-12-29-22-21(28-23(26)27)4-1-11-24(22)15-19-14-17-5-8-18(19)13-17/h1,4,6-7,9-10,17-19,25H,2-3,5,8,11-15H2,(H,26,27). The molecule has 156 valence electrons. The molecule has 1 aromatic rings. The number of benzene rings is 1. The van der Waals surface area contributed by atoms with Gasteiger partial charge in [-0.25, -0.2) is 4.79 Å². The predicted molar refractivity (Wildman–Crippen MR) is 115 cm³/mol. The zero-order valence-electron chi connectivity index (χ0n) is 16.6. The average Bonchev–Trinajstić information content (AvgIpc) is 3.31. The Labute approximate surface area is 176 Å². The number of allylic oxidation sites excluding steroid dienone is 1. The van der Waals surface area contributed by atoms with E-state index >= 15 is 0 Å². The van der Waals surface area contributed by atoms with Crippen molar-refractivity contribution in [2.24, 2.45) is 17.8 Å². The number of phenols is 1. The van der Waals surface area contributed by atoms with Crippen molar-refractivity contribution in [2.45, 2.75) is 38.5 Å². The Kier molecular flexibility index (Phi) is 6.38. The number of aromatic hydroxyl groups is 1. The third-order valence-electron chi connectivity index (χ3n) is 6.41. The molecule has 3 unspecified atom stereocenters. The highest BCUT2D eigenvalue weighted by Crippen LogP contribution is 2.49. The highest BCUT2D eigenvalue weighted by atomic mass is 32.2. The van der Waals surface area contributed by atoms with Crippen LogP contribution in [-0.2, 0) is 11.2 Å². The molecule has 1 aliphatic heterocycles. The van der Waals surface area contributed by atoms with Crippen molar-refractivity contribution in [1.82, 2.24) is 4.90 Å². The van der Waals surface area contributed by atoms with Crippen molar-refractivity contribution in [2.75, 3.05) is 18.8 Å². The molecule has 4 rings (SSSR count). The molecule has 3 aliphatic rings. The normalized spacial score (nSPS) is 25.7. The number of hydrogen-bond acceptors (Lipinski definition) is 5. The van der Waals surface area contributed by atoms with Gasteiger partial charge in [-0.3, -0.25) is 0 Å². The van der Waals surface area contributed by atoms with Crippen LogP contribution in [0.3, 0.4) is 0 Å². The van der Waals surface area contributed by atoms with Crippen molar-refractivity contribution in [3.05, 3.63) is 52.8 Å². The molecule has 0 amide bonds. The highest BCUT2D eigenvalue weighted by molar-refractivity contribution is 8.03. The van der Waals surface area contributed by atoms with Gasteiger partial charge in [0.15, 0.2) is 5.76 Å². The molecule has 0 radical (unpaired) electrons. The minimum Gasteiger partial charge on any atom is -0.508 e. The van der Waals surface area contributed by atoms with Crippen molar-refractivity contribution in [1.29, 1.82) is 0 Å². The lowest BCUT2D eigenvalue weighted by atomic mass is 9.88. The van der Waals surface area contributed by atoms with Gasteiger partial charge in [-0.05, 0) is 79.4 Å². The number of ether oxygens (including phenoxy) is 1. The lowest BCUT2D eigenvalue weighted by molar-refractivity contribution is 0.118. The summed E-state index contributed by atoms with van der Waals surface area (Å²) >= 11 is 1.70. The number of nitrogens with zero attached hydrogens (tertiary/aromatic N) is 1. The monoisotopic (exact) mass is 415 g/mol. The van der Waals surface area contributed by atoms with Crippen LogP contribution in [0.1, 0.15) is 37.7 Å². The van der Waals surface area contributed by atoms with E-state index in [1.54, 1.807) is 30.0 Å². The summed E-state index contributed by atoms with van der Waals surface area (Å²) in [5.74, 6) is 4.11. The third kappa shape index (κ3) is 5.10. The van der Waals surface area contributed by atoms with Crippen LogP contribution in [0.2, 0.25) is 0 Å². The Morgan fingerprint density at radius 3 is 2.72 bits per heavy atom. The van der Waals surface area contributed by atoms with Crippen molar-refractivity contribution < 1.29 is 19.7 Å². The van der Waals surface area contributed by atoms with Gasteiger partial charge < -0.3 is 19.8 Å². The lowest BCUT2D eigenvalue weighted by Crippen LogP contribution is -2.33. The molecule has 29 heavy (non-hydrogen) atoms. The van der Waals surface area contributed by atoms with Gasteiger partial charge >= 0.3 is 6.16 Å². The van der Waals surface area contributed by atoms with E-state index in [1.165, 1.54) is 31.2 Å². The molecule has 1 aromatic carbocycles. The first kappa shape index (κ1) is 20.2. The second kappa shape index (κ2) is 9.16. The van der Waals surface area contributed by atoms with Crippen LogP contribution in [0.5, 0.6) is 5.75 Å². The van der Waals surface area contributed by atoms with Crippen LogP contribution in [0.15, 0.2) is 47.2 Å². The molecule has 2 saturated carbocycles. The quantitative estimate of drug-likeness (QED) is 0.448. The highest BCUT2D eigenvalue weighted by Gasteiger charge is 2.40. The molecule has 2 aliphatic carbocycles. The van der Waals surface area contributed by atoms with E-state index in [9.17, 15) is 9.90 Å². The molecule has 0 saturated heterocycles. The predicted octanol–water partition coefficient (Wildman–Crippen LogP) is 5.23. The SMILES string of the molecule is O=C(O)OC1=C(SCCCc2ccc(O)cc2)N(CC2CC3CCC2C3)CC=C1. The number of aryl methyl sites for hydroxylation is 1. The van der Waals surface area contributed by atoms with E-state index in [4.69, 9.17) is 9.84 Å². The number of carboxylic acid groups (broad SMARTS) is 1. The Bertz CT molecular complexity index is 789. The molecule has 3 atom stereocenters. The molecule has 5 nitrogen and oxygen atoms in total. The van der Waals surface area contributed by atoms with Crippen LogP contribution in [0, 0.1) is 17.8 Å². The number of rotatable bonds is 8. The first-order chi connectivity index (χ1) is 14.1. The van der Waals surface area contributed by atoms with Gasteiger partial charge in [0.2, 0.25) is 0 Å². The summed E-state index contributed by atoms with van der Waals surface area (Å²) in [4.78, 5) is 13.5. The molecule has 2 fully saturated rings. The van der Waals surface area contributed by atoms with Gasteiger partial charge in [0.1, 0.15) is 10.8 Å². The average molecular weight is 416 g/mol. The van der Waals surface area contributed by atoms with Gasteiger partial charge in [-0.2, -0.15) is 0 Å². The van der Waals surface area contributed by atoms with Crippen molar-refractivity contribution in [3.63, 3.8) is 0 Å². The van der Waals surface area contributed by atoms with E-state index in [2.05, 4.69) is 4.90 Å². The fraction of sp³-hybridized carbons (Fsp3) is 0.522. The number of thioether (sulfide) groups is 1. The van der Waals surface area contributed by atoms with Gasteiger partial charge in [-0.15, -0.1) is 11.8 Å². The fourth-order valence-electron chi connectivity index (χ4n) is 5.08. The summed E-state index contributed by atoms with van der Waals surface area (Å²) in [6, 6.07) is 7.33. The summed E-state index contributed by atoms with van der Waals surface area (Å²) in [6.07, 6.45) is 9.90. The second-order valence-electron chi connectivity index (χ2n) is 8.40. The number of phenolic OH excluding ortho intramolecular Hbond substituents is 1. The Morgan fingerprint density at radius 2 is 2.03 bits per heavy atom. The van der Waals surface area contributed by atoms with E-state index in [-0.39, 0.29) is 5.75 Å². The van der Waals surface area contributed by atoms with Crippen LogP contribution >= 0.6 is 11.8 Å². The minimum atomic E-state index is -1.26. The minimum absolute atomic E-state index is 0.286. The molecule has 2 N–H and O–H groups in total. The molecule has 2 bridgehead atoms. The summed E-state index contributed by atoms with van der Waals surface area (Å²) < 4.78 is 5.11. The molecular weight excluding hydrogens is 386 g/mol. The first-order valence-electron chi connectivity index (χ1n) is 10.6. The maximum Gasteiger partial charge on any atom is 0.511 e. The maximum atomic E-state index is 11.2. The van der Waals surface area contributed by atoms with Gasteiger partial charge in [-0.1, -0.05) is 24.6 Å². The zero-order chi connectivity index (χ0) is 20.2. The topological polar surface area (TPSA) is 70.0 Å². The zero-order valence-corrected chi connectivity index (χ0v) is 17.4. The largest absolute Gasteiger partial charge is 0.511 e. The van der Waals surface area contributed by atoms with Crippen LogP contribution < -0.4 is 0 Å². The fourth-order valence-corrected chi connectivity index (χ4v) is 6.15. The van der Waals surface area contributed by atoms with Gasteiger partial charge in [0, 0.05) is 13.1 Å².